The Kier molecular flexibility index (Phi) is 4.53. The Labute approximate surface area is 171 Å². The minimum absolute atomic E-state index is 0.0811. The van der Waals surface area contributed by atoms with Gasteiger partial charge in [-0.1, -0.05) is 11.6 Å². The summed E-state index contributed by atoms with van der Waals surface area (Å²) in [5, 5.41) is 0.528. The normalized spacial score (nSPS) is 32.0. The van der Waals surface area contributed by atoms with Crippen LogP contribution in [0.1, 0.15) is 46.5 Å². The third kappa shape index (κ3) is 2.94. The lowest BCUT2D eigenvalue weighted by Gasteiger charge is -2.72. The highest BCUT2D eigenvalue weighted by Crippen LogP contribution is 2.61. The molecule has 6 nitrogen and oxygen atoms in total. The molecule has 3 aliphatic rings. The fourth-order valence-electron chi connectivity index (χ4n) is 5.07. The van der Waals surface area contributed by atoms with E-state index in [0.29, 0.717) is 22.8 Å². The number of sulfone groups is 1. The zero-order chi connectivity index (χ0) is 20.5. The van der Waals surface area contributed by atoms with Crippen molar-refractivity contribution in [3.63, 3.8) is 0 Å². The highest BCUT2D eigenvalue weighted by atomic mass is 35.5. The van der Waals surface area contributed by atoms with E-state index < -0.39 is 20.3 Å². The van der Waals surface area contributed by atoms with Crippen molar-refractivity contribution in [2.24, 2.45) is 0 Å². The van der Waals surface area contributed by atoms with Gasteiger partial charge >= 0.3 is 6.09 Å². The largest absolute Gasteiger partial charge is 0.444 e. The molecule has 3 fully saturated rings. The van der Waals surface area contributed by atoms with Crippen LogP contribution in [0.3, 0.4) is 0 Å². The topological polar surface area (TPSA) is 66.9 Å². The van der Waals surface area contributed by atoms with Crippen molar-refractivity contribution < 1.29 is 17.9 Å². The monoisotopic (exact) mass is 426 g/mol. The van der Waals surface area contributed by atoms with E-state index in [9.17, 15) is 13.2 Å². The summed E-state index contributed by atoms with van der Waals surface area (Å²) >= 11 is 5.91. The van der Waals surface area contributed by atoms with Gasteiger partial charge in [-0.2, -0.15) is 0 Å². The molecule has 0 bridgehead atoms. The van der Waals surface area contributed by atoms with Gasteiger partial charge in [0, 0.05) is 30.2 Å². The minimum Gasteiger partial charge on any atom is -0.444 e. The highest BCUT2D eigenvalue weighted by Gasteiger charge is 2.71. The summed E-state index contributed by atoms with van der Waals surface area (Å²) in [5.74, 6) is 0. The summed E-state index contributed by atoms with van der Waals surface area (Å²) in [6, 6.07) is 6.91. The van der Waals surface area contributed by atoms with Crippen molar-refractivity contribution in [1.29, 1.82) is 0 Å². The van der Waals surface area contributed by atoms with Gasteiger partial charge in [0.1, 0.15) is 10.5 Å². The smallest absolute Gasteiger partial charge is 0.410 e. The van der Waals surface area contributed by atoms with E-state index in [1.807, 2.05) is 20.8 Å². The van der Waals surface area contributed by atoms with Crippen molar-refractivity contribution in [3.8, 4) is 0 Å². The molecule has 0 N–H and O–H groups in total. The molecule has 154 valence electrons. The molecule has 0 spiro atoms. The molecule has 8 heteroatoms. The van der Waals surface area contributed by atoms with Crippen LogP contribution in [0, 0.1) is 0 Å². The summed E-state index contributed by atoms with van der Waals surface area (Å²) in [5.41, 5.74) is -0.527. The van der Waals surface area contributed by atoms with Gasteiger partial charge in [0.25, 0.3) is 0 Å². The molecule has 0 radical (unpaired) electrons. The van der Waals surface area contributed by atoms with E-state index in [4.69, 9.17) is 16.3 Å². The molecule has 2 unspecified atom stereocenters. The van der Waals surface area contributed by atoms with E-state index in [0.717, 1.165) is 12.8 Å². The number of benzene rings is 1. The van der Waals surface area contributed by atoms with Gasteiger partial charge in [0.15, 0.2) is 9.84 Å². The molecular formula is C20H27ClN2O4S. The van der Waals surface area contributed by atoms with Gasteiger partial charge in [-0.15, -0.1) is 0 Å². The number of nitrogens with zero attached hydrogens (tertiary/aromatic N) is 2. The third-order valence-electron chi connectivity index (χ3n) is 6.31. The third-order valence-corrected chi connectivity index (χ3v) is 9.00. The number of hydrogen-bond acceptors (Lipinski definition) is 5. The molecule has 3 heterocycles. The zero-order valence-corrected chi connectivity index (χ0v) is 18.3. The predicted octanol–water partition coefficient (Wildman–Crippen LogP) is 3.69. The molecule has 1 amide bonds. The Morgan fingerprint density at radius 1 is 1.18 bits per heavy atom. The first-order valence-electron chi connectivity index (χ1n) is 9.69. The predicted molar refractivity (Wildman–Crippen MR) is 107 cm³/mol. The molecule has 3 saturated heterocycles. The second kappa shape index (κ2) is 6.34. The molecular weight excluding hydrogens is 400 g/mol. The molecule has 1 aromatic carbocycles. The average Bonchev–Trinajstić information content (AvgIpc) is 2.54. The Morgan fingerprint density at radius 3 is 2.21 bits per heavy atom. The Bertz CT molecular complexity index is 878. The average molecular weight is 427 g/mol. The molecule has 0 saturated carbocycles. The lowest BCUT2D eigenvalue weighted by atomic mass is 9.67. The molecule has 4 rings (SSSR count). The van der Waals surface area contributed by atoms with Gasteiger partial charge in [-0.05, 0) is 70.7 Å². The van der Waals surface area contributed by atoms with Gasteiger partial charge < -0.3 is 9.64 Å². The first kappa shape index (κ1) is 20.0. The second-order valence-electron chi connectivity index (χ2n) is 9.24. The lowest BCUT2D eigenvalue weighted by Crippen LogP contribution is -2.84. The van der Waals surface area contributed by atoms with E-state index >= 15 is 0 Å². The number of ether oxygens (including phenoxy) is 1. The molecule has 0 aromatic heterocycles. The molecule has 3 aliphatic heterocycles. The van der Waals surface area contributed by atoms with Crippen LogP contribution in [0.4, 0.5) is 4.79 Å². The van der Waals surface area contributed by atoms with Crippen LogP contribution in [0.25, 0.3) is 0 Å². The van der Waals surface area contributed by atoms with Crippen LogP contribution in [-0.4, -0.2) is 60.0 Å². The SMILES string of the molecule is CN(C(=O)OC(C)(C)C)C1CC2CC3(S(=O)(=O)c4ccc(Cl)cc4)CC(C1)N23. The lowest BCUT2D eigenvalue weighted by molar-refractivity contribution is -0.184. The first-order valence-corrected chi connectivity index (χ1v) is 11.6. The molecule has 28 heavy (non-hydrogen) atoms. The molecule has 1 aromatic rings. The minimum atomic E-state index is -3.44. The summed E-state index contributed by atoms with van der Waals surface area (Å²) in [6.45, 7) is 5.57. The van der Waals surface area contributed by atoms with Crippen molar-refractivity contribution in [3.05, 3.63) is 29.3 Å². The second-order valence-corrected chi connectivity index (χ2v) is 11.9. The highest BCUT2D eigenvalue weighted by molar-refractivity contribution is 7.93. The Morgan fingerprint density at radius 2 is 1.71 bits per heavy atom. The summed E-state index contributed by atoms with van der Waals surface area (Å²) in [6.07, 6.45) is 2.48. The zero-order valence-electron chi connectivity index (χ0n) is 16.7. The summed E-state index contributed by atoms with van der Waals surface area (Å²) in [7, 11) is -1.66. The number of piperidine rings is 2. The van der Waals surface area contributed by atoms with E-state index in [2.05, 4.69) is 4.90 Å². The van der Waals surface area contributed by atoms with Gasteiger partial charge in [-0.3, -0.25) is 4.90 Å². The van der Waals surface area contributed by atoms with Gasteiger partial charge in [0.05, 0.1) is 4.90 Å². The van der Waals surface area contributed by atoms with Crippen molar-refractivity contribution in [2.75, 3.05) is 7.05 Å². The van der Waals surface area contributed by atoms with Gasteiger partial charge in [-0.25, -0.2) is 13.2 Å². The number of hydrogen-bond donors (Lipinski definition) is 0. The van der Waals surface area contributed by atoms with Crippen molar-refractivity contribution >= 4 is 27.5 Å². The number of amides is 1. The fourth-order valence-corrected chi connectivity index (χ4v) is 7.53. The van der Waals surface area contributed by atoms with Crippen LogP contribution >= 0.6 is 11.6 Å². The quantitative estimate of drug-likeness (QED) is 0.737. The standard InChI is InChI=1S/C20H27ClN2O4S/c1-19(2,3)27-18(24)22(4)14-9-15-11-20(12-16(10-14)23(15)20)28(25,26)17-7-5-13(21)6-8-17/h5-8,14-16H,9-12H2,1-4H3. The van der Waals surface area contributed by atoms with E-state index in [1.54, 1.807) is 36.2 Å². The van der Waals surface area contributed by atoms with Crippen LogP contribution in [0.2, 0.25) is 5.02 Å². The Balaban J connectivity index is 1.46. The van der Waals surface area contributed by atoms with Crippen LogP contribution in [-0.2, 0) is 14.6 Å². The van der Waals surface area contributed by atoms with Gasteiger partial charge in [0.2, 0.25) is 0 Å². The summed E-state index contributed by atoms with van der Waals surface area (Å²) < 4.78 is 32.0. The van der Waals surface area contributed by atoms with Crippen LogP contribution in [0.15, 0.2) is 29.2 Å². The number of carbonyl (C=O) groups is 1. The molecule has 0 aliphatic carbocycles. The maximum Gasteiger partial charge on any atom is 0.410 e. The van der Waals surface area contributed by atoms with Crippen molar-refractivity contribution in [1.82, 2.24) is 9.80 Å². The van der Waals surface area contributed by atoms with Crippen molar-refractivity contribution in [2.45, 2.75) is 79.9 Å². The fraction of sp³-hybridized carbons (Fsp3) is 0.650. The Hall–Kier alpha value is -1.31. The van der Waals surface area contributed by atoms with Crippen LogP contribution in [0.5, 0.6) is 0 Å². The summed E-state index contributed by atoms with van der Waals surface area (Å²) in [4.78, 5) is 15.8. The number of carbonyl (C=O) groups excluding carboxylic acids is 1. The van der Waals surface area contributed by atoms with Crippen LogP contribution < -0.4 is 0 Å². The van der Waals surface area contributed by atoms with E-state index in [-0.39, 0.29) is 24.2 Å². The maximum absolute atomic E-state index is 13.3. The maximum atomic E-state index is 13.3. The molecule has 2 atom stereocenters. The number of halogens is 1. The van der Waals surface area contributed by atoms with E-state index in [1.165, 1.54) is 0 Å². The first-order chi connectivity index (χ1) is 12.9. The number of rotatable bonds is 3.